The molecule has 0 saturated carbocycles. The predicted molar refractivity (Wildman–Crippen MR) is 145 cm³/mol. The summed E-state index contributed by atoms with van der Waals surface area (Å²) in [5.41, 5.74) is 5.55. The minimum absolute atomic E-state index is 0.327. The lowest BCUT2D eigenvalue weighted by Gasteiger charge is -2.18. The Balaban J connectivity index is 1.28. The maximum absolute atomic E-state index is 12.3. The summed E-state index contributed by atoms with van der Waals surface area (Å²) in [5, 5.41) is 3.20. The summed E-state index contributed by atoms with van der Waals surface area (Å²) in [6.07, 6.45) is 3.49. The van der Waals surface area contributed by atoms with Crippen molar-refractivity contribution in [2.24, 2.45) is 0 Å². The lowest BCUT2D eigenvalue weighted by Crippen LogP contribution is -2.27. The average Bonchev–Trinajstić information content (AvgIpc) is 2.96. The molecule has 3 aromatic carbocycles. The maximum Gasteiger partial charge on any atom is 0.283 e. The van der Waals surface area contributed by atoms with E-state index < -0.39 is 0 Å². The number of likely N-dealkylation sites (N-methyl/N-ethyl adjacent to an activating group) is 1. The van der Waals surface area contributed by atoms with Gasteiger partial charge in [-0.1, -0.05) is 44.2 Å². The highest BCUT2D eigenvalue weighted by atomic mass is 16.7. The molecule has 190 valence electrons. The van der Waals surface area contributed by atoms with Gasteiger partial charge in [0.05, 0.1) is 0 Å². The van der Waals surface area contributed by atoms with E-state index in [9.17, 15) is 4.79 Å². The summed E-state index contributed by atoms with van der Waals surface area (Å²) in [5.74, 6) is 1.56. The molecule has 8 nitrogen and oxygen atoms in total. The zero-order valence-electron chi connectivity index (χ0n) is 21.1. The van der Waals surface area contributed by atoms with Crippen LogP contribution in [0.5, 0.6) is 11.5 Å². The zero-order valence-corrected chi connectivity index (χ0v) is 21.1. The molecular weight excluding hydrogens is 466 g/mol. The van der Waals surface area contributed by atoms with Crippen molar-refractivity contribution in [1.29, 1.82) is 0 Å². The number of hydrogen-bond acceptors (Lipinski definition) is 7. The zero-order chi connectivity index (χ0) is 25.9. The third kappa shape index (κ3) is 7.52. The van der Waals surface area contributed by atoms with Crippen LogP contribution in [0.1, 0.15) is 24.2 Å². The maximum atomic E-state index is 12.3. The molecule has 4 rings (SSSR count). The molecular formula is C29H31N5O3. The number of nitrogens with zero attached hydrogens (tertiary/aromatic N) is 3. The van der Waals surface area contributed by atoms with Crippen LogP contribution in [-0.4, -0.2) is 47.0 Å². The van der Waals surface area contributed by atoms with Crippen molar-refractivity contribution in [3.63, 3.8) is 0 Å². The summed E-state index contributed by atoms with van der Waals surface area (Å²) in [6, 6.07) is 24.0. The van der Waals surface area contributed by atoms with Crippen LogP contribution in [0.25, 0.3) is 11.1 Å². The molecule has 0 aliphatic heterocycles. The largest absolute Gasteiger partial charge is 0.492 e. The monoisotopic (exact) mass is 497 g/mol. The average molecular weight is 498 g/mol. The third-order valence-electron chi connectivity index (χ3n) is 5.82. The first-order valence-corrected chi connectivity index (χ1v) is 12.3. The Morgan fingerprint density at radius 3 is 2.14 bits per heavy atom. The lowest BCUT2D eigenvalue weighted by atomic mass is 10.1. The first-order valence-electron chi connectivity index (χ1n) is 12.3. The summed E-state index contributed by atoms with van der Waals surface area (Å²) in [7, 11) is 0. The number of carbonyl (C=O) groups excluding carboxylic acids is 1. The first-order chi connectivity index (χ1) is 18.1. The molecule has 0 radical (unpaired) electrons. The molecule has 1 heterocycles. The molecule has 37 heavy (non-hydrogen) atoms. The highest BCUT2D eigenvalue weighted by Crippen LogP contribution is 2.21. The second-order valence-electron chi connectivity index (χ2n) is 8.24. The minimum atomic E-state index is -0.327. The van der Waals surface area contributed by atoms with E-state index in [1.54, 1.807) is 36.7 Å². The van der Waals surface area contributed by atoms with Gasteiger partial charge in [0.25, 0.3) is 5.91 Å². The van der Waals surface area contributed by atoms with Crippen LogP contribution in [-0.2, 0) is 0 Å². The van der Waals surface area contributed by atoms with E-state index in [0.29, 0.717) is 23.9 Å². The van der Waals surface area contributed by atoms with Gasteiger partial charge in [0, 0.05) is 35.8 Å². The van der Waals surface area contributed by atoms with E-state index >= 15 is 0 Å². The molecule has 0 spiro atoms. The summed E-state index contributed by atoms with van der Waals surface area (Å²) < 4.78 is 5.83. The fourth-order valence-electron chi connectivity index (χ4n) is 3.60. The molecule has 0 aliphatic carbocycles. The Morgan fingerprint density at radius 2 is 1.49 bits per heavy atom. The molecule has 0 atom stereocenters. The number of hydroxylamine groups is 1. The Morgan fingerprint density at radius 1 is 0.811 bits per heavy atom. The Kier molecular flexibility index (Phi) is 9.04. The third-order valence-corrected chi connectivity index (χ3v) is 5.82. The standard InChI is InChI=1S/C29H31N5O3/c1-3-34(4-2)18-19-36-26-16-14-25(15-17-26)32-29-30-20-24(21-31-29)22-10-12-23(13-11-22)28(35)33-37-27-8-6-5-7-9-27/h5-17,20-21H,3-4,18-19H2,1-2H3,(H,33,35)(H,30,31,32). The van der Waals surface area contributed by atoms with Gasteiger partial charge in [0.2, 0.25) is 5.95 Å². The number of nitrogens with one attached hydrogen (secondary N) is 2. The Hall–Kier alpha value is -4.43. The molecule has 0 fully saturated rings. The lowest BCUT2D eigenvalue weighted by molar-refractivity contribution is 0.0760. The van der Waals surface area contributed by atoms with E-state index in [-0.39, 0.29) is 5.91 Å². The van der Waals surface area contributed by atoms with E-state index in [1.807, 2.05) is 54.6 Å². The van der Waals surface area contributed by atoms with Crippen LogP contribution in [0.4, 0.5) is 11.6 Å². The molecule has 0 bridgehead atoms. The molecule has 2 N–H and O–H groups in total. The van der Waals surface area contributed by atoms with Crippen LogP contribution in [0.3, 0.4) is 0 Å². The summed E-state index contributed by atoms with van der Waals surface area (Å²) in [6.45, 7) is 7.92. The number of amides is 1. The number of carbonyl (C=O) groups is 1. The summed E-state index contributed by atoms with van der Waals surface area (Å²) >= 11 is 0. The molecule has 4 aromatic rings. The topological polar surface area (TPSA) is 88.6 Å². The second kappa shape index (κ2) is 13.0. The number of aromatic nitrogens is 2. The number of para-hydroxylation sites is 1. The molecule has 1 amide bonds. The first kappa shape index (κ1) is 25.7. The van der Waals surface area contributed by atoms with Crippen molar-refractivity contribution in [1.82, 2.24) is 20.3 Å². The fraction of sp³-hybridized carbons (Fsp3) is 0.207. The van der Waals surface area contributed by atoms with Crippen molar-refractivity contribution in [2.45, 2.75) is 13.8 Å². The van der Waals surface area contributed by atoms with Crippen molar-refractivity contribution in [3.05, 3.63) is 96.8 Å². The van der Waals surface area contributed by atoms with Gasteiger partial charge in [-0.05, 0) is 67.2 Å². The van der Waals surface area contributed by atoms with Crippen LogP contribution < -0.4 is 20.4 Å². The van der Waals surface area contributed by atoms with Gasteiger partial charge in [-0.15, -0.1) is 0 Å². The van der Waals surface area contributed by atoms with Crippen molar-refractivity contribution < 1.29 is 14.4 Å². The van der Waals surface area contributed by atoms with Crippen LogP contribution in [0.2, 0.25) is 0 Å². The van der Waals surface area contributed by atoms with E-state index in [1.165, 1.54) is 0 Å². The number of hydrogen-bond donors (Lipinski definition) is 2. The van der Waals surface area contributed by atoms with Crippen molar-refractivity contribution in [2.75, 3.05) is 31.6 Å². The van der Waals surface area contributed by atoms with E-state index in [4.69, 9.17) is 9.57 Å². The van der Waals surface area contributed by atoms with Gasteiger partial charge < -0.3 is 19.8 Å². The van der Waals surface area contributed by atoms with Crippen molar-refractivity contribution >= 4 is 17.5 Å². The van der Waals surface area contributed by atoms with E-state index in [2.05, 4.69) is 39.5 Å². The van der Waals surface area contributed by atoms with Gasteiger partial charge in [-0.2, -0.15) is 5.48 Å². The highest BCUT2D eigenvalue weighted by molar-refractivity contribution is 5.94. The quantitative estimate of drug-likeness (QED) is 0.256. The summed E-state index contributed by atoms with van der Waals surface area (Å²) in [4.78, 5) is 28.8. The fourth-order valence-corrected chi connectivity index (χ4v) is 3.60. The number of rotatable bonds is 12. The van der Waals surface area contributed by atoms with E-state index in [0.717, 1.165) is 42.2 Å². The molecule has 0 aliphatic rings. The van der Waals surface area contributed by atoms with Gasteiger partial charge in [0.1, 0.15) is 12.4 Å². The Bertz CT molecular complexity index is 1240. The number of benzene rings is 3. The van der Waals surface area contributed by atoms with Gasteiger partial charge in [-0.3, -0.25) is 4.79 Å². The minimum Gasteiger partial charge on any atom is -0.492 e. The van der Waals surface area contributed by atoms with Crippen LogP contribution in [0, 0.1) is 0 Å². The SMILES string of the molecule is CCN(CC)CCOc1ccc(Nc2ncc(-c3ccc(C(=O)NOc4ccccc4)cc3)cn2)cc1. The van der Waals surface area contributed by atoms with Gasteiger partial charge >= 0.3 is 0 Å². The number of ether oxygens (including phenoxy) is 1. The second-order valence-corrected chi connectivity index (χ2v) is 8.24. The molecule has 0 unspecified atom stereocenters. The van der Waals surface area contributed by atoms with Gasteiger partial charge in [0.15, 0.2) is 5.75 Å². The molecule has 8 heteroatoms. The number of anilines is 2. The van der Waals surface area contributed by atoms with Crippen LogP contribution >= 0.6 is 0 Å². The predicted octanol–water partition coefficient (Wildman–Crippen LogP) is 5.33. The van der Waals surface area contributed by atoms with Gasteiger partial charge in [-0.25, -0.2) is 9.97 Å². The van der Waals surface area contributed by atoms with Crippen LogP contribution in [0.15, 0.2) is 91.3 Å². The molecule has 1 aromatic heterocycles. The normalized spacial score (nSPS) is 10.7. The highest BCUT2D eigenvalue weighted by Gasteiger charge is 2.08. The molecule has 0 saturated heterocycles. The Labute approximate surface area is 217 Å². The smallest absolute Gasteiger partial charge is 0.283 e. The van der Waals surface area contributed by atoms with Crippen molar-refractivity contribution in [3.8, 4) is 22.6 Å².